The Hall–Kier alpha value is -2.93. The predicted molar refractivity (Wildman–Crippen MR) is 94.6 cm³/mol. The highest BCUT2D eigenvalue weighted by molar-refractivity contribution is 7.13. The molecule has 0 saturated carbocycles. The maximum absolute atomic E-state index is 12.2. The Balaban J connectivity index is 1.70. The van der Waals surface area contributed by atoms with Crippen LogP contribution in [0.4, 0.5) is 0 Å². The van der Waals surface area contributed by atoms with E-state index in [0.29, 0.717) is 11.4 Å². The van der Waals surface area contributed by atoms with E-state index in [1.54, 1.807) is 24.5 Å². The number of hydrogen-bond acceptors (Lipinski definition) is 5. The summed E-state index contributed by atoms with van der Waals surface area (Å²) in [5.74, 6) is 0.373. The van der Waals surface area contributed by atoms with Gasteiger partial charge in [-0.25, -0.2) is 5.43 Å². The zero-order chi connectivity index (χ0) is 16.9. The molecule has 0 aliphatic carbocycles. The summed E-state index contributed by atoms with van der Waals surface area (Å²) in [6.07, 6.45) is 0. The smallest absolute Gasteiger partial charge is 0.291 e. The molecule has 24 heavy (non-hydrogen) atoms. The van der Waals surface area contributed by atoms with Crippen molar-refractivity contribution >= 4 is 23.0 Å². The lowest BCUT2D eigenvalue weighted by molar-refractivity contribution is 0.0950. The third kappa shape index (κ3) is 3.52. The van der Waals surface area contributed by atoms with Gasteiger partial charge in [0.1, 0.15) is 5.75 Å². The molecule has 0 atom stereocenters. The topological polar surface area (TPSA) is 79.4 Å². The Labute approximate surface area is 143 Å². The summed E-state index contributed by atoms with van der Waals surface area (Å²) in [5, 5.41) is 13.0. The summed E-state index contributed by atoms with van der Waals surface area (Å²) in [6, 6.07) is 13.1. The molecular weight excluding hydrogens is 324 g/mol. The fourth-order valence-corrected chi connectivity index (χ4v) is 2.79. The molecule has 122 valence electrons. The zero-order valence-electron chi connectivity index (χ0n) is 13.2. The molecule has 2 heterocycles. The van der Waals surface area contributed by atoms with Gasteiger partial charge in [-0.2, -0.15) is 10.2 Å². The minimum Gasteiger partial charge on any atom is -0.497 e. The lowest BCUT2D eigenvalue weighted by Gasteiger charge is -2.04. The Kier molecular flexibility index (Phi) is 4.72. The molecule has 0 aliphatic heterocycles. The molecule has 1 amide bonds. The van der Waals surface area contributed by atoms with Gasteiger partial charge in [-0.05, 0) is 36.6 Å². The molecule has 0 radical (unpaired) electrons. The molecule has 0 saturated heterocycles. The molecule has 0 spiro atoms. The minimum atomic E-state index is -0.365. The number of nitrogens with one attached hydrogen (secondary N) is 2. The number of H-pyrrole nitrogens is 1. The van der Waals surface area contributed by atoms with E-state index in [2.05, 4.69) is 20.7 Å². The normalized spacial score (nSPS) is 11.3. The number of thiophene rings is 1. The van der Waals surface area contributed by atoms with Crippen LogP contribution in [0.1, 0.15) is 23.0 Å². The van der Waals surface area contributed by atoms with Crippen molar-refractivity contribution in [2.45, 2.75) is 6.92 Å². The van der Waals surface area contributed by atoms with Gasteiger partial charge in [0.05, 0.1) is 23.4 Å². The quantitative estimate of drug-likeness (QED) is 0.552. The second kappa shape index (κ2) is 7.10. The number of ether oxygens (including phenoxy) is 1. The van der Waals surface area contributed by atoms with Crippen LogP contribution < -0.4 is 10.2 Å². The van der Waals surface area contributed by atoms with Gasteiger partial charge in [-0.3, -0.25) is 9.89 Å². The van der Waals surface area contributed by atoms with E-state index < -0.39 is 0 Å². The first-order valence-corrected chi connectivity index (χ1v) is 8.13. The molecular formula is C17H16N4O2S. The van der Waals surface area contributed by atoms with E-state index in [9.17, 15) is 4.79 Å². The number of carbonyl (C=O) groups is 1. The molecule has 0 unspecified atom stereocenters. The molecule has 2 aromatic heterocycles. The van der Waals surface area contributed by atoms with Crippen LogP contribution in [0.25, 0.3) is 10.6 Å². The number of aromatic nitrogens is 2. The average Bonchev–Trinajstić information content (AvgIpc) is 3.30. The van der Waals surface area contributed by atoms with E-state index >= 15 is 0 Å². The van der Waals surface area contributed by atoms with Crippen LogP contribution in [0, 0.1) is 0 Å². The SMILES string of the molecule is COc1cccc(C(C)=NNC(=O)c2cc(-c3cccs3)[nH]n2)c1. The third-order valence-electron chi connectivity index (χ3n) is 3.41. The van der Waals surface area contributed by atoms with Crippen molar-refractivity contribution in [2.24, 2.45) is 5.10 Å². The Bertz CT molecular complexity index is 868. The van der Waals surface area contributed by atoms with Crippen molar-refractivity contribution in [1.82, 2.24) is 15.6 Å². The summed E-state index contributed by atoms with van der Waals surface area (Å²) in [5.41, 5.74) is 5.17. The van der Waals surface area contributed by atoms with Crippen molar-refractivity contribution in [2.75, 3.05) is 7.11 Å². The molecule has 3 aromatic rings. The lowest BCUT2D eigenvalue weighted by atomic mass is 10.1. The Morgan fingerprint density at radius 2 is 2.17 bits per heavy atom. The number of hydrazone groups is 1. The number of rotatable bonds is 5. The molecule has 3 rings (SSSR count). The monoisotopic (exact) mass is 340 g/mol. The van der Waals surface area contributed by atoms with E-state index in [-0.39, 0.29) is 5.91 Å². The van der Waals surface area contributed by atoms with Crippen LogP contribution >= 0.6 is 11.3 Å². The Morgan fingerprint density at radius 3 is 2.92 bits per heavy atom. The van der Waals surface area contributed by atoms with Crippen LogP contribution in [0.3, 0.4) is 0 Å². The zero-order valence-corrected chi connectivity index (χ0v) is 14.1. The molecule has 7 heteroatoms. The largest absolute Gasteiger partial charge is 0.497 e. The summed E-state index contributed by atoms with van der Waals surface area (Å²) >= 11 is 1.58. The average molecular weight is 340 g/mol. The standard InChI is InChI=1S/C17H16N4O2S/c1-11(12-5-3-6-13(9-12)23-2)18-21-17(22)15-10-14(19-20-15)16-7-4-8-24-16/h3-10H,1-2H3,(H,19,20)(H,21,22). The molecule has 0 bridgehead atoms. The van der Waals surface area contributed by atoms with Crippen LogP contribution in [0.2, 0.25) is 0 Å². The maximum atomic E-state index is 12.2. The van der Waals surface area contributed by atoms with Gasteiger partial charge in [0.15, 0.2) is 5.69 Å². The number of nitrogens with zero attached hydrogens (tertiary/aromatic N) is 2. The molecule has 6 nitrogen and oxygen atoms in total. The van der Waals surface area contributed by atoms with Crippen molar-refractivity contribution in [3.8, 4) is 16.3 Å². The molecule has 2 N–H and O–H groups in total. The highest BCUT2D eigenvalue weighted by Gasteiger charge is 2.11. The summed E-state index contributed by atoms with van der Waals surface area (Å²) in [4.78, 5) is 13.2. The van der Waals surface area contributed by atoms with Crippen LogP contribution in [0.15, 0.2) is 52.9 Å². The van der Waals surface area contributed by atoms with Crippen molar-refractivity contribution in [1.29, 1.82) is 0 Å². The Morgan fingerprint density at radius 1 is 1.29 bits per heavy atom. The number of aromatic amines is 1. The van der Waals surface area contributed by atoms with E-state index in [4.69, 9.17) is 4.74 Å². The van der Waals surface area contributed by atoms with Crippen molar-refractivity contribution in [3.63, 3.8) is 0 Å². The van der Waals surface area contributed by atoms with Crippen molar-refractivity contribution in [3.05, 3.63) is 59.1 Å². The lowest BCUT2D eigenvalue weighted by Crippen LogP contribution is -2.19. The summed E-state index contributed by atoms with van der Waals surface area (Å²) in [7, 11) is 1.61. The van der Waals surface area contributed by atoms with Gasteiger partial charge in [0.25, 0.3) is 5.91 Å². The van der Waals surface area contributed by atoms with Gasteiger partial charge in [-0.15, -0.1) is 11.3 Å². The van der Waals surface area contributed by atoms with Gasteiger partial charge < -0.3 is 4.74 Å². The van der Waals surface area contributed by atoms with Crippen molar-refractivity contribution < 1.29 is 9.53 Å². The number of methoxy groups -OCH3 is 1. The number of benzene rings is 1. The number of hydrogen-bond donors (Lipinski definition) is 2. The fraction of sp³-hybridized carbons (Fsp3) is 0.118. The first-order valence-electron chi connectivity index (χ1n) is 7.25. The molecule has 1 aromatic carbocycles. The fourth-order valence-electron chi connectivity index (χ4n) is 2.10. The van der Waals surface area contributed by atoms with Gasteiger partial charge in [-0.1, -0.05) is 18.2 Å². The van der Waals surface area contributed by atoms with E-state index in [1.807, 2.05) is 48.7 Å². The van der Waals surface area contributed by atoms with E-state index in [0.717, 1.165) is 21.9 Å². The second-order valence-corrected chi connectivity index (χ2v) is 5.96. The van der Waals surface area contributed by atoms with E-state index in [1.165, 1.54) is 0 Å². The molecule has 0 aliphatic rings. The maximum Gasteiger partial charge on any atom is 0.291 e. The van der Waals surface area contributed by atoms with Crippen LogP contribution in [-0.4, -0.2) is 28.9 Å². The summed E-state index contributed by atoms with van der Waals surface area (Å²) < 4.78 is 5.18. The molecule has 0 fully saturated rings. The van der Waals surface area contributed by atoms with Crippen LogP contribution in [-0.2, 0) is 0 Å². The van der Waals surface area contributed by atoms with Gasteiger partial charge in [0, 0.05) is 5.56 Å². The number of amides is 1. The highest BCUT2D eigenvalue weighted by Crippen LogP contribution is 2.22. The predicted octanol–water partition coefficient (Wildman–Crippen LogP) is 3.30. The first kappa shape index (κ1) is 15.9. The van der Waals surface area contributed by atoms with Gasteiger partial charge in [0.2, 0.25) is 0 Å². The van der Waals surface area contributed by atoms with Gasteiger partial charge >= 0.3 is 0 Å². The third-order valence-corrected chi connectivity index (χ3v) is 4.31. The number of carbonyl (C=O) groups excluding carboxylic acids is 1. The second-order valence-electron chi connectivity index (χ2n) is 5.01. The van der Waals surface area contributed by atoms with Crippen LogP contribution in [0.5, 0.6) is 5.75 Å². The minimum absolute atomic E-state index is 0.292. The summed E-state index contributed by atoms with van der Waals surface area (Å²) in [6.45, 7) is 1.82. The highest BCUT2D eigenvalue weighted by atomic mass is 32.1. The first-order chi connectivity index (χ1) is 11.7.